The number of pyridine rings is 1. The van der Waals surface area contributed by atoms with E-state index in [0.29, 0.717) is 28.4 Å². The minimum Gasteiger partial charge on any atom is -0.507 e. The minimum absolute atomic E-state index is 0.148. The third-order valence-corrected chi connectivity index (χ3v) is 13.6. The highest BCUT2D eigenvalue weighted by molar-refractivity contribution is 6.09. The summed E-state index contributed by atoms with van der Waals surface area (Å²) in [4.78, 5) is 16.0. The van der Waals surface area contributed by atoms with Crippen molar-refractivity contribution in [2.75, 3.05) is 0 Å². The number of para-hydroxylation sites is 3. The largest absolute Gasteiger partial charge is 0.507 e. The van der Waals surface area contributed by atoms with Gasteiger partial charge in [-0.1, -0.05) is 159 Å². The molecule has 0 radical (unpaired) electrons. The van der Waals surface area contributed by atoms with Crippen LogP contribution in [-0.2, 0) is 17.9 Å². The molecule has 0 fully saturated rings. The van der Waals surface area contributed by atoms with Crippen LogP contribution in [0.3, 0.4) is 0 Å². The Bertz CT molecular complexity index is 3710. The maximum atomic E-state index is 12.1. The molecule has 4 aromatic heterocycles. The van der Waals surface area contributed by atoms with E-state index in [2.05, 4.69) is 204 Å². The molecule has 1 N–H and O–H groups in total. The topological polar surface area (TPSA) is 81.9 Å². The van der Waals surface area contributed by atoms with Crippen LogP contribution in [0.5, 0.6) is 5.75 Å². The lowest BCUT2D eigenvalue weighted by molar-refractivity contribution is 0.446. The van der Waals surface area contributed by atoms with Gasteiger partial charge in [-0.25, -0.2) is 9.97 Å². The maximum Gasteiger partial charge on any atom is 0.227 e. The van der Waals surface area contributed by atoms with Crippen molar-refractivity contribution in [1.29, 1.82) is 0 Å². The zero-order valence-corrected chi connectivity index (χ0v) is 40.2. The van der Waals surface area contributed by atoms with Gasteiger partial charge in [0.25, 0.3) is 0 Å². The number of aryl methyl sites for hydroxylation is 1. The van der Waals surface area contributed by atoms with Crippen molar-refractivity contribution in [2.45, 2.75) is 72.1 Å². The van der Waals surface area contributed by atoms with Crippen molar-refractivity contribution in [2.24, 2.45) is 7.05 Å². The van der Waals surface area contributed by atoms with E-state index in [0.717, 1.165) is 83.5 Å². The molecule has 11 aromatic rings. The monoisotopic (exact) mass is 889 g/mol. The van der Waals surface area contributed by atoms with Crippen molar-refractivity contribution in [3.63, 3.8) is 0 Å². The third-order valence-electron chi connectivity index (χ3n) is 13.6. The predicted molar refractivity (Wildman–Crippen MR) is 281 cm³/mol. The lowest BCUT2D eigenvalue weighted by Gasteiger charge is -2.27. The summed E-state index contributed by atoms with van der Waals surface area (Å²) in [5, 5.41) is 14.5. The van der Waals surface area contributed by atoms with Crippen LogP contribution < -0.4 is 0 Å². The van der Waals surface area contributed by atoms with Gasteiger partial charge in [0.05, 0.1) is 39.0 Å². The van der Waals surface area contributed by atoms with Crippen LogP contribution in [-0.4, -0.2) is 29.2 Å². The standard InChI is InChI=1S/C61H55N5O2/c1-36(2)47-35-62-49(34-54(47)66-51-27-17-15-23-42(51)43-24-16-18-28-52(43)66)45-30-38(31-50-57(45)68-59(63-50)44-25-14-13-22-40(44)37-20-11-10-12-21-37)41-26-19-29-53-55(41)64-58(65(53)9)46-32-39(60(3,4)5)33-48(56(46)67)61(6,7)8/h10-36,67H,1-9H3. The van der Waals surface area contributed by atoms with Crippen molar-refractivity contribution in [3.05, 3.63) is 175 Å². The molecule has 7 nitrogen and oxygen atoms in total. The summed E-state index contributed by atoms with van der Waals surface area (Å²) in [5.74, 6) is 1.69. The first kappa shape index (κ1) is 42.8. The Labute approximate surface area is 397 Å². The Morgan fingerprint density at radius 2 is 1.21 bits per heavy atom. The molecule has 0 aliphatic rings. The molecule has 336 valence electrons. The summed E-state index contributed by atoms with van der Waals surface area (Å²) in [6.45, 7) is 17.5. The Balaban J connectivity index is 1.17. The van der Waals surface area contributed by atoms with E-state index in [4.69, 9.17) is 19.4 Å². The second-order valence-corrected chi connectivity index (χ2v) is 20.5. The Kier molecular flexibility index (Phi) is 10.0. The van der Waals surface area contributed by atoms with E-state index in [9.17, 15) is 5.11 Å². The van der Waals surface area contributed by atoms with Crippen LogP contribution in [0.4, 0.5) is 0 Å². The number of aromatic nitrogens is 5. The van der Waals surface area contributed by atoms with Crippen LogP contribution in [0.2, 0.25) is 0 Å². The number of hydrogen-bond donors (Lipinski definition) is 1. The number of phenolic OH excluding ortho intramolecular Hbond substituents is 1. The highest BCUT2D eigenvalue weighted by atomic mass is 16.3. The first-order valence-electron chi connectivity index (χ1n) is 23.6. The lowest BCUT2D eigenvalue weighted by atomic mass is 9.79. The van der Waals surface area contributed by atoms with Gasteiger partial charge in [0.1, 0.15) is 17.1 Å². The van der Waals surface area contributed by atoms with Gasteiger partial charge in [0.15, 0.2) is 5.58 Å². The fourth-order valence-electron chi connectivity index (χ4n) is 9.95. The zero-order valence-electron chi connectivity index (χ0n) is 40.2. The highest BCUT2D eigenvalue weighted by Crippen LogP contribution is 2.45. The minimum atomic E-state index is -0.289. The molecule has 0 aliphatic carbocycles. The van der Waals surface area contributed by atoms with Gasteiger partial charge in [-0.15, -0.1) is 0 Å². The molecule has 7 heteroatoms. The highest BCUT2D eigenvalue weighted by Gasteiger charge is 2.29. The van der Waals surface area contributed by atoms with E-state index in [-0.39, 0.29) is 22.5 Å². The van der Waals surface area contributed by atoms with Crippen LogP contribution in [0.15, 0.2) is 162 Å². The molecule has 4 heterocycles. The van der Waals surface area contributed by atoms with Crippen molar-refractivity contribution in [1.82, 2.24) is 24.1 Å². The number of nitrogens with zero attached hydrogens (tertiary/aromatic N) is 5. The van der Waals surface area contributed by atoms with Gasteiger partial charge in [-0.2, -0.15) is 0 Å². The van der Waals surface area contributed by atoms with E-state index in [1.54, 1.807) is 0 Å². The molecule has 68 heavy (non-hydrogen) atoms. The molecule has 0 amide bonds. The van der Waals surface area contributed by atoms with Crippen molar-refractivity contribution in [3.8, 4) is 67.8 Å². The first-order chi connectivity index (χ1) is 32.7. The normalized spacial score (nSPS) is 12.4. The van der Waals surface area contributed by atoms with E-state index in [1.807, 2.05) is 25.4 Å². The summed E-state index contributed by atoms with van der Waals surface area (Å²) in [7, 11) is 2.04. The molecule has 0 bridgehead atoms. The van der Waals surface area contributed by atoms with Gasteiger partial charge in [0.2, 0.25) is 5.89 Å². The van der Waals surface area contributed by atoms with Crippen molar-refractivity contribution < 1.29 is 9.52 Å². The number of oxazole rings is 1. The Morgan fingerprint density at radius 1 is 0.574 bits per heavy atom. The molecule has 0 saturated heterocycles. The summed E-state index contributed by atoms with van der Waals surface area (Å²) >= 11 is 0. The van der Waals surface area contributed by atoms with Crippen LogP contribution in [0.25, 0.3) is 106 Å². The first-order valence-corrected chi connectivity index (χ1v) is 23.6. The molecular formula is C61H55N5O2. The Morgan fingerprint density at radius 3 is 1.88 bits per heavy atom. The number of hydrogen-bond acceptors (Lipinski definition) is 5. The smallest absolute Gasteiger partial charge is 0.227 e. The summed E-state index contributed by atoms with van der Waals surface area (Å²) in [6.07, 6.45) is 2.04. The number of aromatic hydroxyl groups is 1. The quantitative estimate of drug-likeness (QED) is 0.172. The van der Waals surface area contributed by atoms with Gasteiger partial charge in [0, 0.05) is 46.3 Å². The zero-order chi connectivity index (χ0) is 47.2. The molecule has 0 saturated carbocycles. The van der Waals surface area contributed by atoms with Crippen LogP contribution in [0, 0.1) is 0 Å². The van der Waals surface area contributed by atoms with Crippen LogP contribution >= 0.6 is 0 Å². The number of imidazole rings is 1. The summed E-state index contributed by atoms with van der Waals surface area (Å²) < 4.78 is 11.5. The van der Waals surface area contributed by atoms with E-state index >= 15 is 0 Å². The third kappa shape index (κ3) is 7.07. The average molecular weight is 890 g/mol. The van der Waals surface area contributed by atoms with Crippen molar-refractivity contribution >= 4 is 43.9 Å². The summed E-state index contributed by atoms with van der Waals surface area (Å²) in [6, 6.07) is 53.0. The molecule has 11 rings (SSSR count). The van der Waals surface area contributed by atoms with E-state index in [1.165, 1.54) is 10.8 Å². The second-order valence-electron chi connectivity index (χ2n) is 20.5. The maximum absolute atomic E-state index is 12.1. The predicted octanol–water partition coefficient (Wildman–Crippen LogP) is 16.0. The van der Waals surface area contributed by atoms with Gasteiger partial charge in [-0.05, 0) is 93.1 Å². The SMILES string of the molecule is CC(C)c1cnc(-c2cc(-c3cccc4c3nc(-c3cc(C(C)(C)C)cc(C(C)(C)C)c3O)n4C)cc3nc(-c4ccccc4-c4ccccc4)oc23)cc1-n1c2ccccc2c2ccccc21. The fourth-order valence-corrected chi connectivity index (χ4v) is 9.95. The lowest BCUT2D eigenvalue weighted by Crippen LogP contribution is -2.17. The number of benzene rings is 7. The summed E-state index contributed by atoms with van der Waals surface area (Å²) in [5.41, 5.74) is 16.4. The number of fused-ring (bicyclic) bond motifs is 5. The molecular weight excluding hydrogens is 835 g/mol. The average Bonchev–Trinajstić information content (AvgIpc) is 4.02. The van der Waals surface area contributed by atoms with Crippen LogP contribution in [0.1, 0.15) is 78.0 Å². The number of phenols is 1. The second kappa shape index (κ2) is 15.9. The number of rotatable bonds is 7. The van der Waals surface area contributed by atoms with Gasteiger partial charge >= 0.3 is 0 Å². The van der Waals surface area contributed by atoms with Gasteiger partial charge in [-0.3, -0.25) is 4.98 Å². The Hall–Kier alpha value is -7.77. The molecule has 0 aliphatic heterocycles. The molecule has 0 unspecified atom stereocenters. The van der Waals surface area contributed by atoms with E-state index < -0.39 is 0 Å². The molecule has 7 aromatic carbocycles. The fraction of sp³-hybridized carbons (Fsp3) is 0.197. The molecule has 0 atom stereocenters. The van der Waals surface area contributed by atoms with Gasteiger partial charge < -0.3 is 18.7 Å². The molecule has 0 spiro atoms.